The Kier molecular flexibility index (Phi) is 4.77. The van der Waals surface area contributed by atoms with Crippen molar-refractivity contribution in [3.63, 3.8) is 0 Å². The number of carbonyl (C=O) groups is 1. The van der Waals surface area contributed by atoms with E-state index in [4.69, 9.17) is 11.6 Å². The number of rotatable bonds is 5. The third-order valence-corrected chi connectivity index (χ3v) is 3.45. The summed E-state index contributed by atoms with van der Waals surface area (Å²) in [5.74, 6) is -0.521. The SMILES string of the molecule is CCn1cc(CNC(=O)c2ccc(Cl)cc2[N+](=O)[O-])c(C)n1. The van der Waals surface area contributed by atoms with Crippen LogP contribution < -0.4 is 5.32 Å². The Labute approximate surface area is 132 Å². The molecule has 22 heavy (non-hydrogen) atoms. The monoisotopic (exact) mass is 322 g/mol. The van der Waals surface area contributed by atoms with Crippen molar-refractivity contribution in [3.8, 4) is 0 Å². The molecular formula is C14H15ClN4O3. The lowest BCUT2D eigenvalue weighted by Gasteiger charge is -2.05. The van der Waals surface area contributed by atoms with Gasteiger partial charge in [-0.25, -0.2) is 0 Å². The maximum atomic E-state index is 12.2. The minimum absolute atomic E-state index is 0.0186. The zero-order chi connectivity index (χ0) is 16.3. The van der Waals surface area contributed by atoms with E-state index in [1.807, 2.05) is 20.0 Å². The third kappa shape index (κ3) is 3.43. The van der Waals surface area contributed by atoms with Crippen LogP contribution in [0.1, 0.15) is 28.5 Å². The van der Waals surface area contributed by atoms with Gasteiger partial charge in [0, 0.05) is 35.9 Å². The van der Waals surface area contributed by atoms with Gasteiger partial charge in [0.2, 0.25) is 0 Å². The Morgan fingerprint density at radius 3 is 2.82 bits per heavy atom. The van der Waals surface area contributed by atoms with E-state index in [0.29, 0.717) is 0 Å². The number of benzene rings is 1. The molecule has 0 unspecified atom stereocenters. The van der Waals surface area contributed by atoms with Gasteiger partial charge < -0.3 is 5.32 Å². The van der Waals surface area contributed by atoms with E-state index >= 15 is 0 Å². The summed E-state index contributed by atoms with van der Waals surface area (Å²) in [7, 11) is 0. The Bertz CT molecular complexity index is 727. The predicted octanol–water partition coefficient (Wildman–Crippen LogP) is 2.70. The zero-order valence-electron chi connectivity index (χ0n) is 12.2. The van der Waals surface area contributed by atoms with Gasteiger partial charge in [0.15, 0.2) is 0 Å². The number of halogens is 1. The molecule has 8 heteroatoms. The van der Waals surface area contributed by atoms with Crippen LogP contribution in [0.2, 0.25) is 5.02 Å². The molecule has 0 spiro atoms. The molecule has 1 aromatic heterocycles. The first-order chi connectivity index (χ1) is 10.4. The maximum absolute atomic E-state index is 12.2. The molecular weight excluding hydrogens is 308 g/mol. The van der Waals surface area contributed by atoms with Crippen LogP contribution in [-0.2, 0) is 13.1 Å². The smallest absolute Gasteiger partial charge is 0.283 e. The number of aryl methyl sites for hydroxylation is 2. The fourth-order valence-electron chi connectivity index (χ4n) is 2.01. The molecule has 0 bridgehead atoms. The number of nitrogens with zero attached hydrogens (tertiary/aromatic N) is 3. The highest BCUT2D eigenvalue weighted by atomic mass is 35.5. The Morgan fingerprint density at radius 2 is 2.23 bits per heavy atom. The summed E-state index contributed by atoms with van der Waals surface area (Å²) in [5.41, 5.74) is 1.35. The van der Waals surface area contributed by atoms with Crippen LogP contribution in [0, 0.1) is 17.0 Å². The summed E-state index contributed by atoms with van der Waals surface area (Å²) in [6.07, 6.45) is 1.84. The fourth-order valence-corrected chi connectivity index (χ4v) is 2.18. The highest BCUT2D eigenvalue weighted by Crippen LogP contribution is 2.23. The summed E-state index contributed by atoms with van der Waals surface area (Å²) in [6, 6.07) is 3.96. The van der Waals surface area contributed by atoms with Crippen molar-refractivity contribution in [2.75, 3.05) is 0 Å². The van der Waals surface area contributed by atoms with Gasteiger partial charge in [-0.15, -0.1) is 0 Å². The van der Waals surface area contributed by atoms with Crippen molar-refractivity contribution in [3.05, 3.63) is 56.4 Å². The molecule has 0 aliphatic rings. The summed E-state index contributed by atoms with van der Waals surface area (Å²) in [5, 5.41) is 18.2. The molecule has 2 aromatic rings. The highest BCUT2D eigenvalue weighted by molar-refractivity contribution is 6.31. The van der Waals surface area contributed by atoms with Gasteiger partial charge in [-0.05, 0) is 26.0 Å². The van der Waals surface area contributed by atoms with Crippen LogP contribution in [0.3, 0.4) is 0 Å². The maximum Gasteiger partial charge on any atom is 0.283 e. The summed E-state index contributed by atoms with van der Waals surface area (Å²) >= 11 is 5.73. The average Bonchev–Trinajstić information content (AvgIpc) is 2.85. The topological polar surface area (TPSA) is 90.1 Å². The van der Waals surface area contributed by atoms with Crippen molar-refractivity contribution in [2.24, 2.45) is 0 Å². The molecule has 1 amide bonds. The van der Waals surface area contributed by atoms with Gasteiger partial charge in [-0.3, -0.25) is 19.6 Å². The van der Waals surface area contributed by atoms with Crippen LogP contribution in [-0.4, -0.2) is 20.6 Å². The largest absolute Gasteiger partial charge is 0.348 e. The van der Waals surface area contributed by atoms with E-state index < -0.39 is 10.8 Å². The standard InChI is InChI=1S/C14H15ClN4O3/c1-3-18-8-10(9(2)17-18)7-16-14(20)12-5-4-11(15)6-13(12)19(21)22/h4-6,8H,3,7H2,1-2H3,(H,16,20). The first kappa shape index (κ1) is 16.0. The number of hydrogen-bond acceptors (Lipinski definition) is 4. The van der Waals surface area contributed by atoms with Crippen LogP contribution in [0.25, 0.3) is 0 Å². The van der Waals surface area contributed by atoms with E-state index in [0.717, 1.165) is 23.9 Å². The third-order valence-electron chi connectivity index (χ3n) is 3.21. The Balaban J connectivity index is 2.16. The van der Waals surface area contributed by atoms with E-state index in [1.165, 1.54) is 12.1 Å². The molecule has 0 aliphatic heterocycles. The van der Waals surface area contributed by atoms with Crippen molar-refractivity contribution in [1.82, 2.24) is 15.1 Å². The summed E-state index contributed by atoms with van der Waals surface area (Å²) < 4.78 is 1.77. The molecule has 116 valence electrons. The molecule has 1 N–H and O–H groups in total. The van der Waals surface area contributed by atoms with Crippen LogP contribution >= 0.6 is 11.6 Å². The van der Waals surface area contributed by atoms with Gasteiger partial charge in [0.05, 0.1) is 10.6 Å². The van der Waals surface area contributed by atoms with Gasteiger partial charge in [-0.2, -0.15) is 5.10 Å². The molecule has 7 nitrogen and oxygen atoms in total. The molecule has 1 aromatic carbocycles. The first-order valence-corrected chi connectivity index (χ1v) is 7.05. The van der Waals surface area contributed by atoms with Crippen LogP contribution in [0.4, 0.5) is 5.69 Å². The second-order valence-corrected chi connectivity index (χ2v) is 5.13. The average molecular weight is 323 g/mol. The van der Waals surface area contributed by atoms with Crippen LogP contribution in [0.5, 0.6) is 0 Å². The number of aromatic nitrogens is 2. The second kappa shape index (κ2) is 6.57. The Hall–Kier alpha value is -2.41. The Morgan fingerprint density at radius 1 is 1.50 bits per heavy atom. The van der Waals surface area contributed by atoms with E-state index in [9.17, 15) is 14.9 Å². The number of hydrogen-bond donors (Lipinski definition) is 1. The lowest BCUT2D eigenvalue weighted by atomic mass is 10.1. The zero-order valence-corrected chi connectivity index (χ0v) is 12.9. The molecule has 0 atom stereocenters. The number of nitrogens with one attached hydrogen (secondary N) is 1. The van der Waals surface area contributed by atoms with Gasteiger partial charge in [-0.1, -0.05) is 11.6 Å². The molecule has 0 fully saturated rings. The fraction of sp³-hybridized carbons (Fsp3) is 0.286. The van der Waals surface area contributed by atoms with Crippen molar-refractivity contribution in [2.45, 2.75) is 26.9 Å². The number of amides is 1. The molecule has 0 radical (unpaired) electrons. The molecule has 0 saturated heterocycles. The molecule has 0 aliphatic carbocycles. The highest BCUT2D eigenvalue weighted by Gasteiger charge is 2.20. The normalized spacial score (nSPS) is 10.5. The predicted molar refractivity (Wildman–Crippen MR) is 81.9 cm³/mol. The molecule has 0 saturated carbocycles. The number of nitro benzene ring substituents is 1. The lowest BCUT2D eigenvalue weighted by Crippen LogP contribution is -2.23. The second-order valence-electron chi connectivity index (χ2n) is 4.70. The van der Waals surface area contributed by atoms with Crippen molar-refractivity contribution >= 4 is 23.2 Å². The quantitative estimate of drug-likeness (QED) is 0.677. The number of carbonyl (C=O) groups excluding carboxylic acids is 1. The molecule has 1 heterocycles. The lowest BCUT2D eigenvalue weighted by molar-refractivity contribution is -0.385. The van der Waals surface area contributed by atoms with Gasteiger partial charge in [0.25, 0.3) is 11.6 Å². The van der Waals surface area contributed by atoms with Crippen molar-refractivity contribution < 1.29 is 9.72 Å². The van der Waals surface area contributed by atoms with E-state index in [2.05, 4.69) is 10.4 Å². The van der Waals surface area contributed by atoms with Gasteiger partial charge >= 0.3 is 0 Å². The summed E-state index contributed by atoms with van der Waals surface area (Å²) in [6.45, 7) is 4.80. The van der Waals surface area contributed by atoms with E-state index in [-0.39, 0.29) is 22.8 Å². The van der Waals surface area contributed by atoms with Gasteiger partial charge in [0.1, 0.15) is 5.56 Å². The minimum Gasteiger partial charge on any atom is -0.348 e. The first-order valence-electron chi connectivity index (χ1n) is 6.67. The van der Waals surface area contributed by atoms with E-state index in [1.54, 1.807) is 4.68 Å². The minimum atomic E-state index is -0.624. The summed E-state index contributed by atoms with van der Waals surface area (Å²) in [4.78, 5) is 22.5. The molecule has 2 rings (SSSR count). The number of nitro groups is 1. The van der Waals surface area contributed by atoms with Crippen LogP contribution in [0.15, 0.2) is 24.4 Å². The van der Waals surface area contributed by atoms with Crippen molar-refractivity contribution in [1.29, 1.82) is 0 Å².